The largest absolute Gasteiger partial charge is 0.252 e. The molecule has 0 fully saturated rings. The van der Waals surface area contributed by atoms with Crippen LogP contribution in [0.1, 0.15) is 0 Å². The van der Waals surface area contributed by atoms with Crippen LogP contribution in [0, 0.1) is 0 Å². The molecule has 2 rings (SSSR count). The molecule has 2 heterocycles. The Balaban J connectivity index is 2.43. The molecule has 12 heavy (non-hydrogen) atoms. The molecule has 0 bridgehead atoms. The Hall–Kier alpha value is -0.810. The predicted octanol–water partition coefficient (Wildman–Crippen LogP) is 2.36. The molecule has 0 amide bonds. The molecule has 0 N–H and O–H groups in total. The summed E-state index contributed by atoms with van der Waals surface area (Å²) in [4.78, 5) is 8.24. The zero-order valence-electron chi connectivity index (χ0n) is 5.94. The van der Waals surface area contributed by atoms with Crippen molar-refractivity contribution < 1.29 is 0 Å². The van der Waals surface area contributed by atoms with E-state index in [0.717, 1.165) is 15.9 Å². The number of rotatable bonds is 1. The fourth-order valence-corrected chi connectivity index (χ4v) is 1.53. The van der Waals surface area contributed by atoms with E-state index in [-0.39, 0.29) is 0 Å². The van der Waals surface area contributed by atoms with E-state index in [1.165, 1.54) is 11.5 Å². The lowest BCUT2D eigenvalue weighted by Crippen LogP contribution is -1.83. The zero-order chi connectivity index (χ0) is 8.39. The van der Waals surface area contributed by atoms with Crippen molar-refractivity contribution in [2.24, 2.45) is 0 Å². The topological polar surface area (TPSA) is 38.7 Å². The van der Waals surface area contributed by atoms with Crippen LogP contribution < -0.4 is 0 Å². The van der Waals surface area contributed by atoms with E-state index in [1.54, 1.807) is 18.6 Å². The van der Waals surface area contributed by atoms with Gasteiger partial charge in [0.25, 0.3) is 0 Å². The monoisotopic (exact) mass is 241 g/mol. The average Bonchev–Trinajstić information content (AvgIpc) is 2.58. The van der Waals surface area contributed by atoms with Gasteiger partial charge in [0.05, 0.1) is 24.3 Å². The molecule has 2 aromatic heterocycles. The minimum atomic E-state index is 0.745. The molecule has 3 nitrogen and oxygen atoms in total. The van der Waals surface area contributed by atoms with Crippen molar-refractivity contribution in [2.75, 3.05) is 0 Å². The van der Waals surface area contributed by atoms with Crippen LogP contribution in [0.5, 0.6) is 0 Å². The first-order chi connectivity index (χ1) is 5.86. The Bertz CT molecular complexity index is 357. The van der Waals surface area contributed by atoms with E-state index in [2.05, 4.69) is 30.3 Å². The Kier molecular flexibility index (Phi) is 2.14. The SMILES string of the molecule is Brc1cnc(-c2cnsc2)cn1. The summed E-state index contributed by atoms with van der Waals surface area (Å²) in [5.41, 5.74) is 1.87. The van der Waals surface area contributed by atoms with E-state index in [1.807, 2.05) is 5.38 Å². The number of halogens is 1. The summed E-state index contributed by atoms with van der Waals surface area (Å²) in [6, 6.07) is 0. The molecule has 0 saturated carbocycles. The molecule has 0 radical (unpaired) electrons. The van der Waals surface area contributed by atoms with Crippen molar-refractivity contribution in [3.05, 3.63) is 28.6 Å². The maximum atomic E-state index is 4.18. The van der Waals surface area contributed by atoms with Gasteiger partial charge in [-0.15, -0.1) is 0 Å². The van der Waals surface area contributed by atoms with Gasteiger partial charge >= 0.3 is 0 Å². The van der Waals surface area contributed by atoms with Gasteiger partial charge in [-0.1, -0.05) is 0 Å². The summed E-state index contributed by atoms with van der Waals surface area (Å²) in [6.07, 6.45) is 5.17. The molecule has 0 saturated heterocycles. The first kappa shape index (κ1) is 7.82. The quantitative estimate of drug-likeness (QED) is 0.770. The van der Waals surface area contributed by atoms with Crippen LogP contribution in [-0.2, 0) is 0 Å². The van der Waals surface area contributed by atoms with Crippen molar-refractivity contribution in [2.45, 2.75) is 0 Å². The van der Waals surface area contributed by atoms with Gasteiger partial charge in [-0.2, -0.15) is 0 Å². The molecule has 0 atom stereocenters. The molecule has 2 aromatic rings. The molecule has 0 aliphatic heterocycles. The smallest absolute Gasteiger partial charge is 0.124 e. The number of nitrogens with zero attached hydrogens (tertiary/aromatic N) is 3. The van der Waals surface area contributed by atoms with Gasteiger partial charge in [-0.05, 0) is 27.5 Å². The van der Waals surface area contributed by atoms with E-state index in [0.29, 0.717) is 0 Å². The van der Waals surface area contributed by atoms with Crippen LogP contribution >= 0.6 is 27.5 Å². The van der Waals surface area contributed by atoms with Gasteiger partial charge in [-0.25, -0.2) is 9.36 Å². The number of hydrogen-bond acceptors (Lipinski definition) is 4. The van der Waals surface area contributed by atoms with Gasteiger partial charge in [0, 0.05) is 10.9 Å². The van der Waals surface area contributed by atoms with Gasteiger partial charge in [0.15, 0.2) is 0 Å². The van der Waals surface area contributed by atoms with E-state index in [9.17, 15) is 0 Å². The van der Waals surface area contributed by atoms with Crippen molar-refractivity contribution in [1.29, 1.82) is 0 Å². The molecular weight excluding hydrogens is 238 g/mol. The van der Waals surface area contributed by atoms with E-state index >= 15 is 0 Å². The van der Waals surface area contributed by atoms with Gasteiger partial charge < -0.3 is 0 Å². The highest BCUT2D eigenvalue weighted by molar-refractivity contribution is 9.10. The van der Waals surface area contributed by atoms with E-state index in [4.69, 9.17) is 0 Å². The third kappa shape index (κ3) is 1.51. The minimum Gasteiger partial charge on any atom is -0.252 e. The Morgan fingerprint density at radius 3 is 2.67 bits per heavy atom. The highest BCUT2D eigenvalue weighted by Gasteiger charge is 1.99. The fourth-order valence-electron chi connectivity index (χ4n) is 0.793. The summed E-state index contributed by atoms with van der Waals surface area (Å²) in [5, 5.41) is 1.94. The van der Waals surface area contributed by atoms with Crippen LogP contribution in [0.4, 0.5) is 0 Å². The maximum Gasteiger partial charge on any atom is 0.124 e. The number of aromatic nitrogens is 3. The second kappa shape index (κ2) is 3.28. The molecule has 0 aromatic carbocycles. The van der Waals surface area contributed by atoms with Gasteiger partial charge in [0.1, 0.15) is 4.60 Å². The van der Waals surface area contributed by atoms with Crippen LogP contribution in [0.3, 0.4) is 0 Å². The summed E-state index contributed by atoms with van der Waals surface area (Å²) < 4.78 is 4.73. The minimum absolute atomic E-state index is 0.745. The highest BCUT2D eigenvalue weighted by Crippen LogP contribution is 2.17. The molecule has 0 aliphatic carbocycles. The third-order valence-electron chi connectivity index (χ3n) is 1.35. The van der Waals surface area contributed by atoms with Crippen molar-refractivity contribution in [1.82, 2.24) is 14.3 Å². The Morgan fingerprint density at radius 1 is 1.17 bits per heavy atom. The molecule has 60 valence electrons. The van der Waals surface area contributed by atoms with Crippen LogP contribution in [-0.4, -0.2) is 14.3 Å². The van der Waals surface area contributed by atoms with Gasteiger partial charge in [-0.3, -0.25) is 4.98 Å². The lowest BCUT2D eigenvalue weighted by molar-refractivity contribution is 1.17. The second-order valence-corrected chi connectivity index (χ2v) is 3.61. The average molecular weight is 242 g/mol. The van der Waals surface area contributed by atoms with Crippen molar-refractivity contribution >= 4 is 27.5 Å². The molecule has 0 aliphatic rings. The normalized spacial score (nSPS) is 10.1. The Labute approximate surface area is 81.8 Å². The molecule has 0 spiro atoms. The standard InChI is InChI=1S/C7H4BrN3S/c8-7-3-9-6(2-10-7)5-1-11-12-4-5/h1-4H. The zero-order valence-corrected chi connectivity index (χ0v) is 8.34. The van der Waals surface area contributed by atoms with Crippen LogP contribution in [0.25, 0.3) is 11.3 Å². The molecule has 0 unspecified atom stereocenters. The Morgan fingerprint density at radius 2 is 2.08 bits per heavy atom. The van der Waals surface area contributed by atoms with Crippen LogP contribution in [0.2, 0.25) is 0 Å². The lowest BCUT2D eigenvalue weighted by Gasteiger charge is -1.93. The highest BCUT2D eigenvalue weighted by atomic mass is 79.9. The summed E-state index contributed by atoms with van der Waals surface area (Å²) in [5.74, 6) is 0. The molecular formula is C7H4BrN3S. The maximum absolute atomic E-state index is 4.18. The first-order valence-electron chi connectivity index (χ1n) is 3.23. The first-order valence-corrected chi connectivity index (χ1v) is 4.86. The molecule has 5 heteroatoms. The summed E-state index contributed by atoms with van der Waals surface area (Å²) in [6.45, 7) is 0. The number of hydrogen-bond donors (Lipinski definition) is 0. The predicted molar refractivity (Wildman–Crippen MR) is 50.8 cm³/mol. The van der Waals surface area contributed by atoms with Crippen molar-refractivity contribution in [3.8, 4) is 11.3 Å². The summed E-state index contributed by atoms with van der Waals surface area (Å²) in [7, 11) is 0. The second-order valence-electron chi connectivity index (χ2n) is 2.14. The third-order valence-corrected chi connectivity index (χ3v) is 2.34. The van der Waals surface area contributed by atoms with Gasteiger partial charge in [0.2, 0.25) is 0 Å². The van der Waals surface area contributed by atoms with Crippen LogP contribution in [0.15, 0.2) is 28.6 Å². The van der Waals surface area contributed by atoms with E-state index < -0.39 is 0 Å². The fraction of sp³-hybridized carbons (Fsp3) is 0. The lowest BCUT2D eigenvalue weighted by atomic mass is 10.3. The van der Waals surface area contributed by atoms with Crippen molar-refractivity contribution in [3.63, 3.8) is 0 Å². The summed E-state index contributed by atoms with van der Waals surface area (Å²) >= 11 is 4.63.